The first-order valence-electron chi connectivity index (χ1n) is 14.5. The summed E-state index contributed by atoms with van der Waals surface area (Å²) in [4.78, 5) is 26.3. The second kappa shape index (κ2) is 9.49. The molecule has 7 nitrogen and oxygen atoms in total. The van der Waals surface area contributed by atoms with Gasteiger partial charge in [0.15, 0.2) is 0 Å². The number of morpholine rings is 1. The van der Waals surface area contributed by atoms with Crippen LogP contribution >= 0.6 is 0 Å². The number of rotatable bonds is 4. The van der Waals surface area contributed by atoms with Gasteiger partial charge in [-0.2, -0.15) is 0 Å². The first-order valence-corrected chi connectivity index (χ1v) is 14.5. The van der Waals surface area contributed by atoms with Gasteiger partial charge in [0.05, 0.1) is 31.6 Å². The van der Waals surface area contributed by atoms with E-state index in [9.17, 15) is 14.7 Å². The minimum absolute atomic E-state index is 0.0173. The maximum atomic E-state index is 12.7. The average Bonchev–Trinajstić information content (AvgIpc) is 3.16. The van der Waals surface area contributed by atoms with Gasteiger partial charge in [-0.05, 0) is 98.5 Å². The fourth-order valence-corrected chi connectivity index (χ4v) is 9.56. The number of nitrogens with zero attached hydrogens (tertiary/aromatic N) is 1. The molecule has 1 saturated heterocycles. The molecule has 0 unspecified atom stereocenters. The Bertz CT molecular complexity index is 1050. The van der Waals surface area contributed by atoms with Gasteiger partial charge < -0.3 is 19.0 Å². The molecule has 0 amide bonds. The van der Waals surface area contributed by atoms with Crippen LogP contribution < -0.4 is 5.63 Å². The van der Waals surface area contributed by atoms with Crippen molar-refractivity contribution in [2.75, 3.05) is 32.8 Å². The topological polar surface area (TPSA) is 89.2 Å². The van der Waals surface area contributed by atoms with Gasteiger partial charge in [0.2, 0.25) is 0 Å². The molecule has 0 aromatic carbocycles. The van der Waals surface area contributed by atoms with Gasteiger partial charge in [-0.1, -0.05) is 13.8 Å². The first kappa shape index (κ1) is 25.6. The number of carbonyl (C=O) groups is 1. The number of carbonyl (C=O) groups excluding carboxylic acids is 1. The molecule has 5 aliphatic rings. The van der Waals surface area contributed by atoms with E-state index in [0.717, 1.165) is 76.4 Å². The van der Waals surface area contributed by atoms with Crippen molar-refractivity contribution in [3.05, 3.63) is 34.4 Å². The molecule has 1 N–H and O–H groups in total. The SMILES string of the molecule is C[C@]12CC[C@H](OC(=O)CN3CCOCC3)C[C@H]1CC[C@@H]1[C@@H]2CC[C@]2(C)[C@@H](c3ccc(=O)oc3)CC[C@]12O. The monoisotopic (exact) mass is 513 g/mol. The number of aliphatic hydroxyl groups is 1. The standard InChI is InChI=1S/C30H43NO6/c1-28-10-7-22(37-27(33)18-31-13-15-35-16-14-31)17-21(28)4-5-25-24(28)8-11-29(2)23(9-12-30(25,29)34)20-3-6-26(32)36-19-20/h3,6,19,21-25,34H,4-5,7-18H2,1-2H3/t21-,22+,23-,24+,25-,28+,29-,30+/m1/s1. The predicted molar refractivity (Wildman–Crippen MR) is 138 cm³/mol. The first-order chi connectivity index (χ1) is 17.7. The highest BCUT2D eigenvalue weighted by Gasteiger charge is 2.67. The Kier molecular flexibility index (Phi) is 6.56. The van der Waals surface area contributed by atoms with E-state index in [4.69, 9.17) is 13.9 Å². The smallest absolute Gasteiger partial charge is 0.335 e. The van der Waals surface area contributed by atoms with Gasteiger partial charge in [0.25, 0.3) is 0 Å². The van der Waals surface area contributed by atoms with Crippen molar-refractivity contribution in [3.8, 4) is 0 Å². The van der Waals surface area contributed by atoms with Crippen LogP contribution in [-0.2, 0) is 14.3 Å². The van der Waals surface area contributed by atoms with Gasteiger partial charge in [0, 0.05) is 24.6 Å². The predicted octanol–water partition coefficient (Wildman–Crippen LogP) is 4.13. The van der Waals surface area contributed by atoms with Crippen molar-refractivity contribution in [1.29, 1.82) is 0 Å². The minimum atomic E-state index is -0.688. The van der Waals surface area contributed by atoms with Gasteiger partial charge in [0.1, 0.15) is 6.10 Å². The van der Waals surface area contributed by atoms with E-state index >= 15 is 0 Å². The maximum Gasteiger partial charge on any atom is 0.335 e. The van der Waals surface area contributed by atoms with Crippen molar-refractivity contribution in [2.24, 2.45) is 28.6 Å². The van der Waals surface area contributed by atoms with Gasteiger partial charge in [-0.25, -0.2) is 4.79 Å². The third-order valence-corrected chi connectivity index (χ3v) is 11.7. The Hall–Kier alpha value is -1.70. The number of hydrogen-bond acceptors (Lipinski definition) is 7. The summed E-state index contributed by atoms with van der Waals surface area (Å²) in [6, 6.07) is 3.42. The number of ether oxygens (including phenoxy) is 2. The molecule has 4 saturated carbocycles. The number of esters is 1. The zero-order chi connectivity index (χ0) is 25.8. The quantitative estimate of drug-likeness (QED) is 0.606. The molecular formula is C30H43NO6. The van der Waals surface area contributed by atoms with Crippen molar-refractivity contribution < 1.29 is 23.8 Å². The molecule has 1 aromatic rings. The minimum Gasteiger partial charge on any atom is -0.461 e. The van der Waals surface area contributed by atoms with Crippen LogP contribution in [0.15, 0.2) is 27.6 Å². The highest BCUT2D eigenvalue weighted by Crippen LogP contribution is 2.70. The van der Waals surface area contributed by atoms with Gasteiger partial charge >= 0.3 is 11.6 Å². The Labute approximate surface area is 219 Å². The van der Waals surface area contributed by atoms with E-state index in [-0.39, 0.29) is 34.4 Å². The van der Waals surface area contributed by atoms with Crippen LogP contribution in [-0.4, -0.2) is 60.5 Å². The van der Waals surface area contributed by atoms with E-state index in [0.29, 0.717) is 37.5 Å². The van der Waals surface area contributed by atoms with Crippen LogP contribution in [0.1, 0.15) is 83.1 Å². The molecule has 4 aliphatic carbocycles. The summed E-state index contributed by atoms with van der Waals surface area (Å²) >= 11 is 0. The maximum absolute atomic E-state index is 12.7. The van der Waals surface area contributed by atoms with Crippen molar-refractivity contribution in [1.82, 2.24) is 4.90 Å². The molecule has 6 rings (SSSR count). The lowest BCUT2D eigenvalue weighted by atomic mass is 9.43. The molecule has 8 atom stereocenters. The molecule has 0 radical (unpaired) electrons. The highest BCUT2D eigenvalue weighted by atomic mass is 16.5. The van der Waals surface area contributed by atoms with E-state index in [1.54, 1.807) is 6.26 Å². The Morgan fingerprint density at radius 3 is 2.62 bits per heavy atom. The second-order valence-electron chi connectivity index (χ2n) is 13.1. The fraction of sp³-hybridized carbons (Fsp3) is 0.800. The van der Waals surface area contributed by atoms with E-state index < -0.39 is 5.60 Å². The van der Waals surface area contributed by atoms with Crippen molar-refractivity contribution >= 4 is 5.97 Å². The molecule has 0 spiro atoms. The fourth-order valence-electron chi connectivity index (χ4n) is 9.56. The summed E-state index contributed by atoms with van der Waals surface area (Å²) in [5.74, 6) is 1.46. The van der Waals surface area contributed by atoms with E-state index in [2.05, 4.69) is 18.7 Å². The zero-order valence-corrected chi connectivity index (χ0v) is 22.5. The Morgan fingerprint density at radius 1 is 1.05 bits per heavy atom. The largest absolute Gasteiger partial charge is 0.461 e. The lowest BCUT2D eigenvalue weighted by Crippen LogP contribution is -2.62. The van der Waals surface area contributed by atoms with Crippen LogP contribution in [0, 0.1) is 28.6 Å². The number of hydrogen-bond donors (Lipinski definition) is 1. The molecule has 37 heavy (non-hydrogen) atoms. The summed E-state index contributed by atoms with van der Waals surface area (Å²) in [7, 11) is 0. The average molecular weight is 514 g/mol. The van der Waals surface area contributed by atoms with Crippen LogP contribution in [0.2, 0.25) is 0 Å². The summed E-state index contributed by atoms with van der Waals surface area (Å²) in [6.07, 6.45) is 10.6. The van der Waals surface area contributed by atoms with E-state index in [1.165, 1.54) is 6.07 Å². The van der Waals surface area contributed by atoms with Crippen LogP contribution in [0.5, 0.6) is 0 Å². The molecule has 1 aliphatic heterocycles. The second-order valence-corrected chi connectivity index (χ2v) is 13.1. The molecule has 7 heteroatoms. The molecular weight excluding hydrogens is 470 g/mol. The molecule has 0 bridgehead atoms. The third-order valence-electron chi connectivity index (χ3n) is 11.7. The van der Waals surface area contributed by atoms with Gasteiger partial charge in [-0.3, -0.25) is 9.69 Å². The zero-order valence-electron chi connectivity index (χ0n) is 22.5. The third kappa shape index (κ3) is 4.20. The summed E-state index contributed by atoms with van der Waals surface area (Å²) < 4.78 is 16.6. The lowest BCUT2D eigenvalue weighted by Gasteiger charge is -2.63. The van der Waals surface area contributed by atoms with Crippen LogP contribution in [0.4, 0.5) is 0 Å². The highest BCUT2D eigenvalue weighted by molar-refractivity contribution is 5.71. The molecule has 5 fully saturated rings. The van der Waals surface area contributed by atoms with Crippen molar-refractivity contribution in [3.63, 3.8) is 0 Å². The molecule has 2 heterocycles. The van der Waals surface area contributed by atoms with Gasteiger partial charge in [-0.15, -0.1) is 0 Å². The summed E-state index contributed by atoms with van der Waals surface area (Å²) in [5.41, 5.74) is 0.0238. The lowest BCUT2D eigenvalue weighted by molar-refractivity contribution is -0.207. The Balaban J connectivity index is 1.14. The van der Waals surface area contributed by atoms with Crippen LogP contribution in [0.3, 0.4) is 0 Å². The van der Waals surface area contributed by atoms with Crippen LogP contribution in [0.25, 0.3) is 0 Å². The summed E-state index contributed by atoms with van der Waals surface area (Å²) in [6.45, 7) is 8.08. The molecule has 1 aromatic heterocycles. The number of fused-ring (bicyclic) bond motifs is 5. The molecule has 204 valence electrons. The summed E-state index contributed by atoms with van der Waals surface area (Å²) in [5, 5.41) is 12.4. The normalized spacial score (nSPS) is 43.9. The van der Waals surface area contributed by atoms with Crippen molar-refractivity contribution in [2.45, 2.75) is 89.3 Å². The Morgan fingerprint density at radius 2 is 1.86 bits per heavy atom. The van der Waals surface area contributed by atoms with E-state index in [1.807, 2.05) is 6.07 Å².